The van der Waals surface area contributed by atoms with Gasteiger partial charge in [-0.3, -0.25) is 14.4 Å². The molecule has 0 spiro atoms. The number of nitrogens with zero attached hydrogens (tertiary/aromatic N) is 3. The number of hydrogen-bond donors (Lipinski definition) is 3. The van der Waals surface area contributed by atoms with E-state index in [0.717, 1.165) is 50.4 Å². The summed E-state index contributed by atoms with van der Waals surface area (Å²) in [7, 11) is 5.02. The summed E-state index contributed by atoms with van der Waals surface area (Å²) in [6.45, 7) is 0.620. The van der Waals surface area contributed by atoms with E-state index in [1.165, 1.54) is 33.5 Å². The zero-order valence-electron chi connectivity index (χ0n) is 41.3. The van der Waals surface area contributed by atoms with Crippen LogP contribution in [0.5, 0.6) is 34.5 Å². The Morgan fingerprint density at radius 2 is 1.00 bits per heavy atom. The van der Waals surface area contributed by atoms with Crippen molar-refractivity contribution in [2.75, 3.05) is 19.8 Å². The molecule has 1 aliphatic rings. The first-order chi connectivity index (χ1) is 36.3. The van der Waals surface area contributed by atoms with E-state index in [1.807, 2.05) is 103 Å². The highest BCUT2D eigenvalue weighted by Gasteiger charge is 2.18. The van der Waals surface area contributed by atoms with Crippen molar-refractivity contribution in [2.24, 2.45) is 21.1 Å². The molecule has 6 aromatic carbocycles. The van der Waals surface area contributed by atoms with Crippen molar-refractivity contribution in [2.45, 2.75) is 19.3 Å². The molecule has 0 unspecified atom stereocenters. The van der Waals surface area contributed by atoms with Crippen molar-refractivity contribution in [3.63, 3.8) is 0 Å². The van der Waals surface area contributed by atoms with Crippen molar-refractivity contribution in [1.29, 1.82) is 0 Å². The van der Waals surface area contributed by atoms with Gasteiger partial charge in [0.05, 0.1) is 16.7 Å². The molecule has 9 aromatic rings. The van der Waals surface area contributed by atoms with Gasteiger partial charge in [0.2, 0.25) is 0 Å². The Morgan fingerprint density at radius 1 is 0.520 bits per heavy atom. The first-order valence-electron chi connectivity index (χ1n) is 23.8. The minimum absolute atomic E-state index is 0.0502. The molecule has 1 aliphatic heterocycles. The lowest BCUT2D eigenvalue weighted by Gasteiger charge is -2.19. The summed E-state index contributed by atoms with van der Waals surface area (Å²) in [6, 6.07) is 48.4. The third-order valence-electron chi connectivity index (χ3n) is 11.8. The lowest BCUT2D eigenvalue weighted by Crippen LogP contribution is -2.17. The molecular weight excluding hydrogens is 997 g/mol. The molecule has 3 aromatic heterocycles. The summed E-state index contributed by atoms with van der Waals surface area (Å²) in [4.78, 5) is 35.0. The van der Waals surface area contributed by atoms with Crippen LogP contribution >= 0.6 is 23.2 Å². The van der Waals surface area contributed by atoms with Gasteiger partial charge in [-0.15, -0.1) is 0 Å². The number of phenols is 1. The number of rotatable bonds is 8. The number of aliphatic hydroxyl groups excluding tert-OH is 2. The molecule has 0 saturated heterocycles. The van der Waals surface area contributed by atoms with Gasteiger partial charge in [0.25, 0.3) is 16.7 Å². The summed E-state index contributed by atoms with van der Waals surface area (Å²) in [6.07, 6.45) is 6.78. The summed E-state index contributed by atoms with van der Waals surface area (Å²) < 4.78 is 36.2. The first-order valence-corrected chi connectivity index (χ1v) is 24.5. The van der Waals surface area contributed by atoms with Gasteiger partial charge in [-0.1, -0.05) is 132 Å². The van der Waals surface area contributed by atoms with Crippen LogP contribution in [0.1, 0.15) is 16.7 Å². The van der Waals surface area contributed by atoms with Crippen LogP contribution in [0.25, 0.3) is 33.4 Å². The monoisotopic (exact) mass is 1050 g/mol. The Kier molecular flexibility index (Phi) is 19.0. The fraction of sp³-hybridized carbons (Fsp3) is 0.150. The Balaban J connectivity index is 0.000000153. The van der Waals surface area contributed by atoms with E-state index in [4.69, 9.17) is 47.6 Å². The number of halogens is 3. The second kappa shape index (κ2) is 26.1. The number of para-hydroxylation sites is 5. The van der Waals surface area contributed by atoms with Gasteiger partial charge in [0.1, 0.15) is 40.3 Å². The Hall–Kier alpha value is -8.20. The molecule has 0 amide bonds. The third kappa shape index (κ3) is 14.1. The number of aromatic nitrogens is 3. The number of aryl methyl sites for hydroxylation is 3. The number of aliphatic hydroxyl groups is 2. The van der Waals surface area contributed by atoms with E-state index in [9.17, 15) is 23.9 Å². The first kappa shape index (κ1) is 54.6. The van der Waals surface area contributed by atoms with Gasteiger partial charge in [0.15, 0.2) is 0 Å². The van der Waals surface area contributed by atoms with Crippen LogP contribution < -0.4 is 30.9 Å². The van der Waals surface area contributed by atoms with Crippen LogP contribution in [0.2, 0.25) is 10.0 Å². The summed E-state index contributed by atoms with van der Waals surface area (Å²) in [5.41, 5.74) is 6.50. The lowest BCUT2D eigenvalue weighted by molar-refractivity contribution is 0.297. The van der Waals surface area contributed by atoms with Crippen LogP contribution in [0.15, 0.2) is 197 Å². The third-order valence-corrected chi connectivity index (χ3v) is 12.5. The molecule has 10 rings (SSSR count). The maximum Gasteiger partial charge on any atom is 0.254 e. The predicted molar refractivity (Wildman–Crippen MR) is 293 cm³/mol. The zero-order valence-corrected chi connectivity index (χ0v) is 42.8. The Morgan fingerprint density at radius 3 is 1.64 bits per heavy atom. The number of ether oxygens (including phenoxy) is 3. The molecule has 0 bridgehead atoms. The molecule has 384 valence electrons. The van der Waals surface area contributed by atoms with Gasteiger partial charge < -0.3 is 43.2 Å². The number of phenolic OH excluding ortho intramolecular Hbond substituents is 1. The van der Waals surface area contributed by atoms with Crippen molar-refractivity contribution in [3.05, 3.63) is 246 Å². The zero-order chi connectivity index (χ0) is 53.4. The van der Waals surface area contributed by atoms with Crippen LogP contribution in [0, 0.1) is 5.82 Å². The van der Waals surface area contributed by atoms with Gasteiger partial charge in [0, 0.05) is 111 Å². The molecule has 0 atom stereocenters. The molecule has 0 fully saturated rings. The van der Waals surface area contributed by atoms with Crippen molar-refractivity contribution in [3.8, 4) is 67.9 Å². The molecule has 75 heavy (non-hydrogen) atoms. The van der Waals surface area contributed by atoms with Gasteiger partial charge >= 0.3 is 0 Å². The van der Waals surface area contributed by atoms with E-state index >= 15 is 0 Å². The smallest absolute Gasteiger partial charge is 0.254 e. The lowest BCUT2D eigenvalue weighted by atomic mass is 10.0. The van der Waals surface area contributed by atoms with Crippen LogP contribution in [-0.2, 0) is 40.4 Å². The minimum Gasteiger partial charge on any atom is -0.508 e. The quantitative estimate of drug-likeness (QED) is 0.135. The van der Waals surface area contributed by atoms with Crippen LogP contribution in [-0.4, -0.2) is 48.8 Å². The van der Waals surface area contributed by atoms with E-state index in [0.29, 0.717) is 59.3 Å². The maximum atomic E-state index is 13.5. The standard InChI is InChI=1S/C20H18ClNO3.C20H17NO3.C12H9ClFNO.C8H10O2/c1-22-13-16(17(21)12-20(22)24)15-7-3-5-9-19(15)25-18-8-4-2-6-14(18)10-11-23;1-21-13-16-15-7-3-5-9-18(15)24-17-8-4-2-6-14(17)10-11-23-19(16)12-20(21)22;1-15-7-9(10(13)6-12(15)16)8-4-2-3-5-11(8)14;9-6-5-7-3-1-2-4-8(7)10/h2-9,12-13,23H,10-11H2,1H3;2-9,12-13H,10-11H2,1H3;2-7H,1H3;1-4,9-10H,5-6H2. The highest BCUT2D eigenvalue weighted by Crippen LogP contribution is 2.40. The molecule has 4 heterocycles. The molecular formula is C60H54Cl2FN3O9. The molecule has 0 aliphatic carbocycles. The van der Waals surface area contributed by atoms with Gasteiger partial charge in [-0.25, -0.2) is 4.39 Å². The number of pyridine rings is 3. The fourth-order valence-electron chi connectivity index (χ4n) is 7.87. The normalized spacial score (nSPS) is 11.2. The van der Waals surface area contributed by atoms with E-state index in [2.05, 4.69) is 0 Å². The summed E-state index contributed by atoms with van der Waals surface area (Å²) in [5, 5.41) is 27.5. The maximum absolute atomic E-state index is 13.5. The van der Waals surface area contributed by atoms with Gasteiger partial charge in [-0.05, 0) is 65.9 Å². The van der Waals surface area contributed by atoms with Crippen LogP contribution in [0.3, 0.4) is 0 Å². The minimum atomic E-state index is -0.358. The van der Waals surface area contributed by atoms with Crippen molar-refractivity contribution < 1.29 is 33.9 Å². The molecule has 12 nitrogen and oxygen atoms in total. The van der Waals surface area contributed by atoms with E-state index in [1.54, 1.807) is 80.6 Å². The van der Waals surface area contributed by atoms with E-state index in [-0.39, 0.29) is 46.5 Å². The highest BCUT2D eigenvalue weighted by molar-refractivity contribution is 6.33. The second-order valence-electron chi connectivity index (χ2n) is 17.0. The second-order valence-corrected chi connectivity index (χ2v) is 17.8. The number of fused-ring (bicyclic) bond motifs is 4. The SMILES string of the molecule is Cn1cc(-c2ccccc2F)c(Cl)cc1=O.Cn1cc(-c2ccccc2Oc2ccccc2CCO)c(Cl)cc1=O.Cn1cc2c(cc1=O)OCCc1ccccc1Oc1ccccc1-2.OCCc1ccccc1O. The largest absolute Gasteiger partial charge is 0.508 e. The van der Waals surface area contributed by atoms with Crippen LogP contribution in [0.4, 0.5) is 4.39 Å². The summed E-state index contributed by atoms with van der Waals surface area (Å²) >= 11 is 12.2. The fourth-order valence-corrected chi connectivity index (χ4v) is 8.36. The number of aromatic hydroxyl groups is 1. The predicted octanol–water partition coefficient (Wildman–Crippen LogP) is 11.6. The van der Waals surface area contributed by atoms with Gasteiger partial charge in [-0.2, -0.15) is 0 Å². The molecule has 3 N–H and O–H groups in total. The van der Waals surface area contributed by atoms with Crippen molar-refractivity contribution in [1.82, 2.24) is 13.7 Å². The molecule has 0 radical (unpaired) electrons. The average Bonchev–Trinajstić information content (AvgIpc) is 3.40. The summed E-state index contributed by atoms with van der Waals surface area (Å²) in [5.74, 6) is 3.39. The Labute approximate surface area is 442 Å². The highest BCUT2D eigenvalue weighted by atomic mass is 35.5. The van der Waals surface area contributed by atoms with Crippen molar-refractivity contribution >= 4 is 23.2 Å². The number of benzene rings is 6. The molecule has 15 heteroatoms. The number of hydrogen-bond acceptors (Lipinski definition) is 9. The van der Waals surface area contributed by atoms with E-state index < -0.39 is 0 Å². The molecule has 0 saturated carbocycles. The average molecular weight is 1050 g/mol. The Bertz CT molecular complexity index is 3600. The topological polar surface area (TPSA) is 154 Å².